The van der Waals surface area contributed by atoms with Crippen LogP contribution in [0.25, 0.3) is 0 Å². The standard InChI is InChI=1S/C7H8N2O3/c10-4-2-6-5-8-3-1-7(6)9(11)12/h1,3,5,10H,2,4H2. The lowest BCUT2D eigenvalue weighted by molar-refractivity contribution is -0.385. The second-order valence-corrected chi connectivity index (χ2v) is 2.24. The molecule has 0 bridgehead atoms. The molecule has 0 atom stereocenters. The number of hydrogen-bond acceptors (Lipinski definition) is 4. The van der Waals surface area contributed by atoms with E-state index in [0.29, 0.717) is 5.56 Å². The first-order chi connectivity index (χ1) is 5.75. The van der Waals surface area contributed by atoms with Crippen LogP contribution in [0, 0.1) is 10.1 Å². The second kappa shape index (κ2) is 3.77. The summed E-state index contributed by atoms with van der Waals surface area (Å²) in [5, 5.41) is 19.0. The Bertz CT molecular complexity index is 288. The molecule has 0 spiro atoms. The number of aliphatic hydroxyl groups is 1. The molecule has 0 saturated carbocycles. The van der Waals surface area contributed by atoms with Crippen molar-refractivity contribution in [2.24, 2.45) is 0 Å². The molecule has 0 radical (unpaired) electrons. The van der Waals surface area contributed by atoms with Gasteiger partial charge in [-0.15, -0.1) is 0 Å². The third kappa shape index (κ3) is 1.76. The van der Waals surface area contributed by atoms with Crippen LogP contribution in [-0.4, -0.2) is 21.6 Å². The molecule has 0 amide bonds. The molecule has 64 valence electrons. The van der Waals surface area contributed by atoms with Gasteiger partial charge in [0, 0.05) is 31.5 Å². The average molecular weight is 168 g/mol. The lowest BCUT2D eigenvalue weighted by Crippen LogP contribution is -1.98. The van der Waals surface area contributed by atoms with Crippen LogP contribution in [0.15, 0.2) is 18.5 Å². The Morgan fingerprint density at radius 2 is 2.42 bits per heavy atom. The summed E-state index contributed by atoms with van der Waals surface area (Å²) in [6, 6.07) is 1.32. The molecule has 0 fully saturated rings. The third-order valence-electron chi connectivity index (χ3n) is 1.46. The van der Waals surface area contributed by atoms with E-state index in [4.69, 9.17) is 5.11 Å². The lowest BCUT2D eigenvalue weighted by atomic mass is 10.2. The Labute approximate surface area is 68.8 Å². The molecule has 1 N–H and O–H groups in total. The van der Waals surface area contributed by atoms with E-state index in [1.165, 1.54) is 18.5 Å². The fourth-order valence-corrected chi connectivity index (χ4v) is 0.911. The summed E-state index contributed by atoms with van der Waals surface area (Å²) < 4.78 is 0. The Kier molecular flexibility index (Phi) is 2.71. The molecule has 0 aromatic carbocycles. The maximum absolute atomic E-state index is 10.4. The molecule has 1 rings (SSSR count). The maximum atomic E-state index is 10.4. The quantitative estimate of drug-likeness (QED) is 0.527. The van der Waals surface area contributed by atoms with Crippen LogP contribution in [0.4, 0.5) is 5.69 Å². The summed E-state index contributed by atoms with van der Waals surface area (Å²) in [4.78, 5) is 13.6. The van der Waals surface area contributed by atoms with Crippen molar-refractivity contribution in [3.63, 3.8) is 0 Å². The Morgan fingerprint density at radius 1 is 1.67 bits per heavy atom. The first kappa shape index (κ1) is 8.61. The van der Waals surface area contributed by atoms with Gasteiger partial charge in [-0.2, -0.15) is 0 Å². The monoisotopic (exact) mass is 168 g/mol. The topological polar surface area (TPSA) is 76.3 Å². The fraction of sp³-hybridized carbons (Fsp3) is 0.286. The number of aliphatic hydroxyl groups excluding tert-OH is 1. The highest BCUT2D eigenvalue weighted by Crippen LogP contribution is 2.15. The molecule has 5 heteroatoms. The van der Waals surface area contributed by atoms with Crippen molar-refractivity contribution < 1.29 is 10.0 Å². The van der Waals surface area contributed by atoms with E-state index in [1.54, 1.807) is 0 Å². The second-order valence-electron chi connectivity index (χ2n) is 2.24. The molecule has 12 heavy (non-hydrogen) atoms. The molecule has 0 aliphatic heterocycles. The predicted octanol–water partition coefficient (Wildman–Crippen LogP) is 0.525. The van der Waals surface area contributed by atoms with Crippen molar-refractivity contribution in [1.29, 1.82) is 0 Å². The lowest BCUT2D eigenvalue weighted by Gasteiger charge is -1.97. The molecular weight excluding hydrogens is 160 g/mol. The number of nitro groups is 1. The summed E-state index contributed by atoms with van der Waals surface area (Å²) in [6.45, 7) is -0.105. The average Bonchev–Trinajstić information content (AvgIpc) is 2.05. The minimum absolute atomic E-state index is 0.0130. The van der Waals surface area contributed by atoms with E-state index in [0.717, 1.165) is 0 Å². The van der Waals surface area contributed by atoms with E-state index in [-0.39, 0.29) is 18.7 Å². The zero-order chi connectivity index (χ0) is 8.97. The highest BCUT2D eigenvalue weighted by atomic mass is 16.6. The number of pyridine rings is 1. The van der Waals surface area contributed by atoms with Gasteiger partial charge in [0.05, 0.1) is 10.5 Å². The van der Waals surface area contributed by atoms with Gasteiger partial charge in [-0.25, -0.2) is 0 Å². The molecule has 0 saturated heterocycles. The zero-order valence-electron chi connectivity index (χ0n) is 6.30. The van der Waals surface area contributed by atoms with Crippen molar-refractivity contribution in [3.05, 3.63) is 34.1 Å². The summed E-state index contributed by atoms with van der Waals surface area (Å²) in [5.41, 5.74) is 0.476. The van der Waals surface area contributed by atoms with Gasteiger partial charge in [-0.3, -0.25) is 15.1 Å². The number of nitrogens with zero attached hydrogens (tertiary/aromatic N) is 2. The summed E-state index contributed by atoms with van der Waals surface area (Å²) in [6.07, 6.45) is 3.03. The Hall–Kier alpha value is -1.49. The van der Waals surface area contributed by atoms with E-state index in [2.05, 4.69) is 4.98 Å². The van der Waals surface area contributed by atoms with E-state index in [1.807, 2.05) is 0 Å². The van der Waals surface area contributed by atoms with Crippen LogP contribution < -0.4 is 0 Å². The molecule has 0 aliphatic carbocycles. The van der Waals surface area contributed by atoms with Crippen LogP contribution in [0.2, 0.25) is 0 Å². The van der Waals surface area contributed by atoms with Crippen molar-refractivity contribution >= 4 is 5.69 Å². The molecule has 5 nitrogen and oxygen atoms in total. The van der Waals surface area contributed by atoms with Crippen molar-refractivity contribution in [1.82, 2.24) is 4.98 Å². The molecule has 0 unspecified atom stereocenters. The molecule has 1 aromatic heterocycles. The molecule has 1 heterocycles. The van der Waals surface area contributed by atoms with Crippen LogP contribution >= 0.6 is 0 Å². The van der Waals surface area contributed by atoms with Crippen molar-refractivity contribution in [2.45, 2.75) is 6.42 Å². The number of aromatic nitrogens is 1. The van der Waals surface area contributed by atoms with Crippen molar-refractivity contribution in [2.75, 3.05) is 6.61 Å². The largest absolute Gasteiger partial charge is 0.396 e. The Balaban J connectivity index is 3.00. The van der Waals surface area contributed by atoms with Crippen molar-refractivity contribution in [3.8, 4) is 0 Å². The van der Waals surface area contributed by atoms with E-state index < -0.39 is 4.92 Å². The zero-order valence-corrected chi connectivity index (χ0v) is 6.30. The van der Waals surface area contributed by atoms with Crippen LogP contribution in [0.5, 0.6) is 0 Å². The Morgan fingerprint density at radius 3 is 3.00 bits per heavy atom. The minimum Gasteiger partial charge on any atom is -0.396 e. The molecule has 0 aliphatic rings. The summed E-state index contributed by atoms with van der Waals surface area (Å²) >= 11 is 0. The highest BCUT2D eigenvalue weighted by Gasteiger charge is 2.11. The number of hydrogen-bond donors (Lipinski definition) is 1. The van der Waals surface area contributed by atoms with Crippen LogP contribution in [-0.2, 0) is 6.42 Å². The fourth-order valence-electron chi connectivity index (χ4n) is 0.911. The summed E-state index contributed by atoms with van der Waals surface area (Å²) in [7, 11) is 0. The van der Waals surface area contributed by atoms with E-state index >= 15 is 0 Å². The van der Waals surface area contributed by atoms with Gasteiger partial charge < -0.3 is 5.11 Å². The van der Waals surface area contributed by atoms with Gasteiger partial charge in [0.25, 0.3) is 5.69 Å². The summed E-state index contributed by atoms with van der Waals surface area (Å²) in [5.74, 6) is 0. The van der Waals surface area contributed by atoms with Gasteiger partial charge in [0.2, 0.25) is 0 Å². The minimum atomic E-state index is -0.479. The smallest absolute Gasteiger partial charge is 0.275 e. The first-order valence-electron chi connectivity index (χ1n) is 3.44. The highest BCUT2D eigenvalue weighted by molar-refractivity contribution is 5.37. The van der Waals surface area contributed by atoms with Crippen LogP contribution in [0.1, 0.15) is 5.56 Å². The van der Waals surface area contributed by atoms with Gasteiger partial charge in [-0.1, -0.05) is 0 Å². The van der Waals surface area contributed by atoms with Gasteiger partial charge in [0.1, 0.15) is 0 Å². The van der Waals surface area contributed by atoms with Gasteiger partial charge >= 0.3 is 0 Å². The van der Waals surface area contributed by atoms with Gasteiger partial charge in [0.15, 0.2) is 0 Å². The maximum Gasteiger partial charge on any atom is 0.275 e. The third-order valence-corrected chi connectivity index (χ3v) is 1.46. The molecular formula is C7H8N2O3. The molecule has 1 aromatic rings. The normalized spacial score (nSPS) is 9.75. The van der Waals surface area contributed by atoms with Gasteiger partial charge in [-0.05, 0) is 0 Å². The predicted molar refractivity (Wildman–Crippen MR) is 41.7 cm³/mol. The number of rotatable bonds is 3. The van der Waals surface area contributed by atoms with E-state index in [9.17, 15) is 10.1 Å². The SMILES string of the molecule is O=[N+]([O-])c1ccncc1CCO. The van der Waals surface area contributed by atoms with Crippen LogP contribution in [0.3, 0.4) is 0 Å². The first-order valence-corrected chi connectivity index (χ1v) is 3.44.